The lowest BCUT2D eigenvalue weighted by Crippen LogP contribution is -2.26. The molecular formula is C16H24FNO2S. The zero-order chi connectivity index (χ0) is 15.5. The number of hydrogen-bond donors (Lipinski definition) is 1. The van der Waals surface area contributed by atoms with E-state index in [1.165, 1.54) is 6.07 Å². The molecule has 1 saturated heterocycles. The largest absolute Gasteiger partial charge is 0.310 e. The Morgan fingerprint density at radius 3 is 2.81 bits per heavy atom. The highest BCUT2D eigenvalue weighted by atomic mass is 32.2. The SMILES string of the molecule is CCCNC(CC1CCS(=O)(=O)C1)c1cc(C)ccc1F. The highest BCUT2D eigenvalue weighted by molar-refractivity contribution is 7.91. The fraction of sp³-hybridized carbons (Fsp3) is 0.625. The van der Waals surface area contributed by atoms with Gasteiger partial charge in [-0.05, 0) is 44.7 Å². The summed E-state index contributed by atoms with van der Waals surface area (Å²) in [6, 6.07) is 5.02. The van der Waals surface area contributed by atoms with Crippen LogP contribution in [0.1, 0.15) is 43.4 Å². The Hall–Kier alpha value is -0.940. The minimum absolute atomic E-state index is 0.108. The van der Waals surface area contributed by atoms with Crippen molar-refractivity contribution in [1.82, 2.24) is 5.32 Å². The summed E-state index contributed by atoms with van der Waals surface area (Å²) in [6.45, 7) is 4.81. The topological polar surface area (TPSA) is 46.2 Å². The molecule has 21 heavy (non-hydrogen) atoms. The van der Waals surface area contributed by atoms with Gasteiger partial charge in [0.2, 0.25) is 0 Å². The molecule has 1 aromatic carbocycles. The smallest absolute Gasteiger partial charge is 0.150 e. The summed E-state index contributed by atoms with van der Waals surface area (Å²) in [5.74, 6) is 0.429. The Kier molecular flexibility index (Phi) is 5.38. The molecule has 0 radical (unpaired) electrons. The lowest BCUT2D eigenvalue weighted by atomic mass is 9.93. The van der Waals surface area contributed by atoms with Crippen LogP contribution in [0.15, 0.2) is 18.2 Å². The third kappa shape index (κ3) is 4.51. The second-order valence-corrected chi connectivity index (χ2v) is 8.27. The molecule has 1 aromatic rings. The van der Waals surface area contributed by atoms with Gasteiger partial charge in [0.1, 0.15) is 5.82 Å². The monoisotopic (exact) mass is 313 g/mol. The molecule has 2 unspecified atom stereocenters. The van der Waals surface area contributed by atoms with E-state index in [4.69, 9.17) is 0 Å². The number of benzene rings is 1. The van der Waals surface area contributed by atoms with Crippen molar-refractivity contribution >= 4 is 9.84 Å². The molecule has 1 aliphatic heterocycles. The minimum Gasteiger partial charge on any atom is -0.310 e. The molecule has 0 aliphatic carbocycles. The number of aryl methyl sites for hydroxylation is 1. The molecule has 0 amide bonds. The van der Waals surface area contributed by atoms with E-state index in [2.05, 4.69) is 12.2 Å². The normalized spacial score (nSPS) is 22.3. The van der Waals surface area contributed by atoms with Crippen LogP contribution in [0.4, 0.5) is 4.39 Å². The maximum absolute atomic E-state index is 14.1. The first-order valence-corrected chi connectivity index (χ1v) is 9.43. The van der Waals surface area contributed by atoms with Gasteiger partial charge in [-0.25, -0.2) is 12.8 Å². The zero-order valence-electron chi connectivity index (χ0n) is 12.7. The zero-order valence-corrected chi connectivity index (χ0v) is 13.5. The van der Waals surface area contributed by atoms with E-state index in [0.717, 1.165) is 18.5 Å². The van der Waals surface area contributed by atoms with Crippen LogP contribution in [0, 0.1) is 18.7 Å². The standard InChI is InChI=1S/C16H24FNO2S/c1-3-7-18-16(10-13-6-8-21(19,20)11-13)14-9-12(2)4-5-15(14)17/h4-5,9,13,16,18H,3,6-8,10-11H2,1-2H3. The van der Waals surface area contributed by atoms with Crippen molar-refractivity contribution in [3.63, 3.8) is 0 Å². The van der Waals surface area contributed by atoms with Crippen molar-refractivity contribution in [3.8, 4) is 0 Å². The van der Waals surface area contributed by atoms with Crippen LogP contribution in [0.25, 0.3) is 0 Å². The van der Waals surface area contributed by atoms with E-state index in [0.29, 0.717) is 18.4 Å². The van der Waals surface area contributed by atoms with Crippen LogP contribution in [-0.4, -0.2) is 26.5 Å². The van der Waals surface area contributed by atoms with Gasteiger partial charge in [0.15, 0.2) is 9.84 Å². The van der Waals surface area contributed by atoms with Gasteiger partial charge in [-0.1, -0.05) is 24.6 Å². The summed E-state index contributed by atoms with van der Waals surface area (Å²) in [4.78, 5) is 0. The quantitative estimate of drug-likeness (QED) is 0.878. The fourth-order valence-electron chi connectivity index (χ4n) is 2.96. The molecule has 0 saturated carbocycles. The summed E-state index contributed by atoms with van der Waals surface area (Å²) in [5, 5.41) is 3.37. The van der Waals surface area contributed by atoms with E-state index < -0.39 is 9.84 Å². The van der Waals surface area contributed by atoms with Crippen molar-refractivity contribution in [1.29, 1.82) is 0 Å². The predicted octanol–water partition coefficient (Wildman–Crippen LogP) is 3.00. The van der Waals surface area contributed by atoms with Crippen LogP contribution >= 0.6 is 0 Å². The molecule has 2 rings (SSSR count). The summed E-state index contributed by atoms with van der Waals surface area (Å²) in [6.07, 6.45) is 2.34. The first-order valence-electron chi connectivity index (χ1n) is 7.61. The third-order valence-corrected chi connectivity index (χ3v) is 5.90. The van der Waals surface area contributed by atoms with Gasteiger partial charge in [0, 0.05) is 11.6 Å². The number of hydrogen-bond acceptors (Lipinski definition) is 3. The lowest BCUT2D eigenvalue weighted by Gasteiger charge is -2.22. The number of nitrogens with one attached hydrogen (secondary N) is 1. The van der Waals surface area contributed by atoms with Crippen molar-refractivity contribution in [3.05, 3.63) is 35.1 Å². The number of halogens is 1. The van der Waals surface area contributed by atoms with Gasteiger partial charge >= 0.3 is 0 Å². The molecule has 3 nitrogen and oxygen atoms in total. The highest BCUT2D eigenvalue weighted by Crippen LogP contribution is 2.30. The number of sulfone groups is 1. The Bertz CT molecular complexity index is 586. The first kappa shape index (κ1) is 16.4. The molecule has 2 atom stereocenters. The molecule has 5 heteroatoms. The predicted molar refractivity (Wildman–Crippen MR) is 83.5 cm³/mol. The Morgan fingerprint density at radius 2 is 2.19 bits per heavy atom. The summed E-state index contributed by atoms with van der Waals surface area (Å²) >= 11 is 0. The highest BCUT2D eigenvalue weighted by Gasteiger charge is 2.30. The molecule has 1 heterocycles. The van der Waals surface area contributed by atoms with Crippen LogP contribution in [-0.2, 0) is 9.84 Å². The summed E-state index contributed by atoms with van der Waals surface area (Å²) in [7, 11) is -2.88. The van der Waals surface area contributed by atoms with E-state index in [-0.39, 0.29) is 29.3 Å². The molecule has 0 bridgehead atoms. The van der Waals surface area contributed by atoms with Gasteiger partial charge in [0.05, 0.1) is 11.5 Å². The van der Waals surface area contributed by atoms with Crippen LogP contribution < -0.4 is 5.32 Å². The average molecular weight is 313 g/mol. The van der Waals surface area contributed by atoms with Crippen molar-refractivity contribution in [2.45, 2.75) is 39.2 Å². The van der Waals surface area contributed by atoms with Gasteiger partial charge in [-0.15, -0.1) is 0 Å². The van der Waals surface area contributed by atoms with Crippen LogP contribution in [0.5, 0.6) is 0 Å². The van der Waals surface area contributed by atoms with E-state index in [9.17, 15) is 12.8 Å². The number of rotatable bonds is 6. The first-order chi connectivity index (χ1) is 9.91. The van der Waals surface area contributed by atoms with Crippen molar-refractivity contribution in [2.75, 3.05) is 18.1 Å². The van der Waals surface area contributed by atoms with E-state index in [1.807, 2.05) is 13.0 Å². The minimum atomic E-state index is -2.88. The van der Waals surface area contributed by atoms with Gasteiger partial charge in [0.25, 0.3) is 0 Å². The lowest BCUT2D eigenvalue weighted by molar-refractivity contribution is 0.403. The van der Waals surface area contributed by atoms with Gasteiger partial charge < -0.3 is 5.32 Å². The second-order valence-electron chi connectivity index (χ2n) is 6.04. The Labute approximate surface area is 126 Å². The molecule has 118 valence electrons. The van der Waals surface area contributed by atoms with Crippen LogP contribution in [0.2, 0.25) is 0 Å². The Morgan fingerprint density at radius 1 is 1.43 bits per heavy atom. The van der Waals surface area contributed by atoms with Crippen LogP contribution in [0.3, 0.4) is 0 Å². The summed E-state index contributed by atoms with van der Waals surface area (Å²) < 4.78 is 37.3. The van der Waals surface area contributed by atoms with Gasteiger partial charge in [-0.3, -0.25) is 0 Å². The third-order valence-electron chi connectivity index (χ3n) is 4.06. The van der Waals surface area contributed by atoms with E-state index >= 15 is 0 Å². The molecule has 1 N–H and O–H groups in total. The van der Waals surface area contributed by atoms with Gasteiger partial charge in [-0.2, -0.15) is 0 Å². The molecule has 0 spiro atoms. The van der Waals surface area contributed by atoms with Crippen molar-refractivity contribution in [2.24, 2.45) is 5.92 Å². The molecule has 1 fully saturated rings. The maximum Gasteiger partial charge on any atom is 0.150 e. The Balaban J connectivity index is 2.16. The molecule has 0 aromatic heterocycles. The second kappa shape index (κ2) is 6.88. The fourth-order valence-corrected chi connectivity index (χ4v) is 4.84. The molecular weight excluding hydrogens is 289 g/mol. The maximum atomic E-state index is 14.1. The van der Waals surface area contributed by atoms with E-state index in [1.54, 1.807) is 6.07 Å². The average Bonchev–Trinajstić information content (AvgIpc) is 2.77. The van der Waals surface area contributed by atoms with Crippen molar-refractivity contribution < 1.29 is 12.8 Å². The molecule has 1 aliphatic rings. The summed E-state index contributed by atoms with van der Waals surface area (Å²) in [5.41, 5.74) is 1.68.